The van der Waals surface area contributed by atoms with Gasteiger partial charge in [-0.1, -0.05) is 37.9 Å². The average molecular weight is 340 g/mol. The van der Waals surface area contributed by atoms with E-state index in [2.05, 4.69) is 36.6 Å². The molecule has 0 saturated heterocycles. The van der Waals surface area contributed by atoms with Crippen LogP contribution in [-0.2, 0) is 4.74 Å². The largest absolute Gasteiger partial charge is 0.465 e. The molecule has 0 heterocycles. The zero-order chi connectivity index (χ0) is 11.4. The number of halogens is 3. The molecule has 1 aromatic rings. The third-order valence-corrected chi connectivity index (χ3v) is 4.23. The van der Waals surface area contributed by atoms with Crippen LogP contribution in [0.25, 0.3) is 0 Å². The van der Waals surface area contributed by atoms with Crippen LogP contribution in [0.5, 0.6) is 0 Å². The first-order valence-corrected chi connectivity index (χ1v) is 6.21. The van der Waals surface area contributed by atoms with E-state index in [9.17, 15) is 9.18 Å². The van der Waals surface area contributed by atoms with E-state index in [1.807, 2.05) is 0 Å². The quantitative estimate of drug-likeness (QED) is 0.623. The molecule has 0 aliphatic heterocycles. The minimum Gasteiger partial charge on any atom is -0.465 e. The van der Waals surface area contributed by atoms with Crippen molar-refractivity contribution >= 4 is 37.8 Å². The molecule has 0 radical (unpaired) electrons. The van der Waals surface area contributed by atoms with Crippen LogP contribution in [0, 0.1) is 5.82 Å². The SMILES string of the molecule is COC(=O)c1ccc(C(Br)CBr)c(F)c1. The first kappa shape index (κ1) is 12.6. The lowest BCUT2D eigenvalue weighted by molar-refractivity contribution is 0.0600. The van der Waals surface area contributed by atoms with E-state index in [4.69, 9.17) is 0 Å². The molecule has 1 aromatic carbocycles. The van der Waals surface area contributed by atoms with Crippen molar-refractivity contribution in [3.63, 3.8) is 0 Å². The lowest BCUT2D eigenvalue weighted by Gasteiger charge is -2.08. The fourth-order valence-corrected chi connectivity index (χ4v) is 1.83. The number of alkyl halides is 2. The maximum absolute atomic E-state index is 13.5. The molecular formula is C10H9Br2FO2. The van der Waals surface area contributed by atoms with Crippen molar-refractivity contribution in [2.24, 2.45) is 0 Å². The van der Waals surface area contributed by atoms with Gasteiger partial charge in [0.2, 0.25) is 0 Å². The van der Waals surface area contributed by atoms with Gasteiger partial charge in [0, 0.05) is 10.9 Å². The Morgan fingerprint density at radius 1 is 1.60 bits per heavy atom. The second kappa shape index (κ2) is 5.61. The molecule has 0 aliphatic rings. The van der Waals surface area contributed by atoms with Gasteiger partial charge in [-0.25, -0.2) is 9.18 Å². The van der Waals surface area contributed by atoms with Gasteiger partial charge in [-0.3, -0.25) is 0 Å². The van der Waals surface area contributed by atoms with Gasteiger partial charge >= 0.3 is 5.97 Å². The summed E-state index contributed by atoms with van der Waals surface area (Å²) in [5.41, 5.74) is 0.729. The van der Waals surface area contributed by atoms with Gasteiger partial charge < -0.3 is 4.74 Å². The summed E-state index contributed by atoms with van der Waals surface area (Å²) in [6.07, 6.45) is 0. The van der Waals surface area contributed by atoms with Crippen LogP contribution in [0.15, 0.2) is 18.2 Å². The molecule has 0 aliphatic carbocycles. The number of carbonyl (C=O) groups excluding carboxylic acids is 1. The lowest BCUT2D eigenvalue weighted by Crippen LogP contribution is -2.04. The molecule has 0 aromatic heterocycles. The number of hydrogen-bond donors (Lipinski definition) is 0. The van der Waals surface area contributed by atoms with E-state index in [1.54, 1.807) is 12.1 Å². The molecule has 1 atom stereocenters. The molecule has 5 heteroatoms. The molecule has 2 nitrogen and oxygen atoms in total. The number of carbonyl (C=O) groups is 1. The van der Waals surface area contributed by atoms with E-state index in [0.29, 0.717) is 10.9 Å². The number of rotatable bonds is 3. The van der Waals surface area contributed by atoms with Gasteiger partial charge in [0.1, 0.15) is 5.82 Å². The Morgan fingerprint density at radius 2 is 2.27 bits per heavy atom. The molecule has 15 heavy (non-hydrogen) atoms. The first-order chi connectivity index (χ1) is 7.10. The zero-order valence-corrected chi connectivity index (χ0v) is 11.1. The Morgan fingerprint density at radius 3 is 2.73 bits per heavy atom. The summed E-state index contributed by atoms with van der Waals surface area (Å²) in [5, 5.41) is 0.599. The highest BCUT2D eigenvalue weighted by molar-refractivity contribution is 9.12. The summed E-state index contributed by atoms with van der Waals surface area (Å²) in [5.74, 6) is -0.954. The Kier molecular flexibility index (Phi) is 4.73. The first-order valence-electron chi connectivity index (χ1n) is 4.18. The Bertz CT molecular complexity index is 368. The smallest absolute Gasteiger partial charge is 0.337 e. The van der Waals surface area contributed by atoms with Crippen LogP contribution in [0.4, 0.5) is 4.39 Å². The van der Waals surface area contributed by atoms with Crippen molar-refractivity contribution in [3.8, 4) is 0 Å². The topological polar surface area (TPSA) is 26.3 Å². The molecule has 0 saturated carbocycles. The maximum atomic E-state index is 13.5. The third-order valence-electron chi connectivity index (χ3n) is 1.89. The summed E-state index contributed by atoms with van der Waals surface area (Å²) in [7, 11) is 1.26. The van der Waals surface area contributed by atoms with Gasteiger partial charge in [0.25, 0.3) is 0 Å². The summed E-state index contributed by atoms with van der Waals surface area (Å²) in [4.78, 5) is 11.0. The number of benzene rings is 1. The fourth-order valence-electron chi connectivity index (χ4n) is 1.11. The maximum Gasteiger partial charge on any atom is 0.337 e. The molecule has 0 amide bonds. The van der Waals surface area contributed by atoms with Gasteiger partial charge in [-0.2, -0.15) is 0 Å². The molecule has 0 N–H and O–H groups in total. The van der Waals surface area contributed by atoms with E-state index >= 15 is 0 Å². The minimum atomic E-state index is -0.537. The van der Waals surface area contributed by atoms with Crippen molar-refractivity contribution in [1.82, 2.24) is 0 Å². The van der Waals surface area contributed by atoms with Crippen molar-refractivity contribution < 1.29 is 13.9 Å². The Labute approximate surface area is 104 Å². The summed E-state index contributed by atoms with van der Waals surface area (Å²) >= 11 is 6.55. The summed E-state index contributed by atoms with van der Waals surface area (Å²) in [6.45, 7) is 0. The molecule has 0 fully saturated rings. The minimum absolute atomic E-state index is 0.107. The third kappa shape index (κ3) is 3.01. The molecule has 82 valence electrons. The van der Waals surface area contributed by atoms with Crippen molar-refractivity contribution in [1.29, 1.82) is 0 Å². The number of ether oxygens (including phenoxy) is 1. The number of hydrogen-bond acceptors (Lipinski definition) is 2. The van der Waals surface area contributed by atoms with Crippen LogP contribution >= 0.6 is 31.9 Å². The van der Waals surface area contributed by atoms with E-state index < -0.39 is 11.8 Å². The average Bonchev–Trinajstić information content (AvgIpc) is 2.26. The van der Waals surface area contributed by atoms with Gasteiger partial charge in [0.15, 0.2) is 0 Å². The predicted molar refractivity (Wildman–Crippen MR) is 63.2 cm³/mol. The zero-order valence-electron chi connectivity index (χ0n) is 7.97. The lowest BCUT2D eigenvalue weighted by atomic mass is 10.1. The van der Waals surface area contributed by atoms with Crippen LogP contribution in [0.2, 0.25) is 0 Å². The molecular weight excluding hydrogens is 331 g/mol. The number of methoxy groups -OCH3 is 1. The Balaban J connectivity index is 3.03. The predicted octanol–water partition coefficient (Wildman–Crippen LogP) is 3.44. The van der Waals surface area contributed by atoms with Gasteiger partial charge in [-0.15, -0.1) is 0 Å². The van der Waals surface area contributed by atoms with Crippen molar-refractivity contribution in [2.45, 2.75) is 4.83 Å². The van der Waals surface area contributed by atoms with Crippen LogP contribution < -0.4 is 0 Å². The highest BCUT2D eigenvalue weighted by Crippen LogP contribution is 2.27. The molecule has 0 spiro atoms. The van der Waals surface area contributed by atoms with Gasteiger partial charge in [-0.05, 0) is 12.1 Å². The number of esters is 1. The highest BCUT2D eigenvalue weighted by Gasteiger charge is 2.14. The molecule has 0 bridgehead atoms. The summed E-state index contributed by atoms with van der Waals surface area (Å²) < 4.78 is 18.0. The second-order valence-corrected chi connectivity index (χ2v) is 4.60. The normalized spacial score (nSPS) is 12.3. The van der Waals surface area contributed by atoms with E-state index in [-0.39, 0.29) is 10.4 Å². The standard InChI is InChI=1S/C10H9Br2FO2/c1-15-10(14)6-2-3-7(8(12)5-11)9(13)4-6/h2-4,8H,5H2,1H3. The molecule has 1 unspecified atom stereocenters. The van der Waals surface area contributed by atoms with Crippen LogP contribution in [0.3, 0.4) is 0 Å². The van der Waals surface area contributed by atoms with Crippen molar-refractivity contribution in [3.05, 3.63) is 35.1 Å². The Hall–Kier alpha value is -0.420. The van der Waals surface area contributed by atoms with Crippen molar-refractivity contribution in [2.75, 3.05) is 12.4 Å². The van der Waals surface area contributed by atoms with E-state index in [1.165, 1.54) is 13.2 Å². The second-order valence-electron chi connectivity index (χ2n) is 2.85. The highest BCUT2D eigenvalue weighted by atomic mass is 79.9. The fraction of sp³-hybridized carbons (Fsp3) is 0.300. The summed E-state index contributed by atoms with van der Waals surface area (Å²) in [6, 6.07) is 4.29. The van der Waals surface area contributed by atoms with Gasteiger partial charge in [0.05, 0.1) is 17.5 Å². The van der Waals surface area contributed by atoms with Crippen LogP contribution in [-0.4, -0.2) is 18.4 Å². The monoisotopic (exact) mass is 338 g/mol. The molecule has 1 rings (SSSR count). The van der Waals surface area contributed by atoms with Crippen LogP contribution in [0.1, 0.15) is 20.7 Å². The van der Waals surface area contributed by atoms with E-state index in [0.717, 1.165) is 0 Å².